The van der Waals surface area contributed by atoms with Crippen molar-refractivity contribution in [2.24, 2.45) is 0 Å². The van der Waals surface area contributed by atoms with E-state index in [2.05, 4.69) is 33.9 Å². The van der Waals surface area contributed by atoms with Crippen LogP contribution in [0, 0.1) is 0 Å². The molecule has 1 heterocycles. The van der Waals surface area contributed by atoms with Gasteiger partial charge in [-0.1, -0.05) is 69.3 Å². The molecule has 2 aromatic carbocycles. The van der Waals surface area contributed by atoms with E-state index in [4.69, 9.17) is 18.6 Å². The molecule has 0 saturated carbocycles. The van der Waals surface area contributed by atoms with Crippen molar-refractivity contribution in [3.8, 4) is 0 Å². The molecule has 7 nitrogen and oxygen atoms in total. The normalized spacial score (nSPS) is 21.6. The van der Waals surface area contributed by atoms with E-state index in [1.165, 1.54) is 7.11 Å². The van der Waals surface area contributed by atoms with Gasteiger partial charge in [-0.15, -0.1) is 0 Å². The van der Waals surface area contributed by atoms with Crippen LogP contribution in [0.3, 0.4) is 0 Å². The number of ether oxygens (including phenoxy) is 3. The van der Waals surface area contributed by atoms with Crippen LogP contribution in [0.25, 0.3) is 0 Å². The molecule has 38 heavy (non-hydrogen) atoms. The minimum atomic E-state index is -3.87. The zero-order chi connectivity index (χ0) is 28.4. The maximum atomic E-state index is 13.7. The van der Waals surface area contributed by atoms with E-state index in [-0.39, 0.29) is 22.8 Å². The maximum absolute atomic E-state index is 13.7. The molecule has 0 bridgehead atoms. The Kier molecular flexibility index (Phi) is 9.31. The highest BCUT2D eigenvalue weighted by Crippen LogP contribution is 2.45. The van der Waals surface area contributed by atoms with Gasteiger partial charge >= 0.3 is 5.97 Å². The van der Waals surface area contributed by atoms with E-state index in [9.17, 15) is 13.2 Å². The fraction of sp³-hybridized carbons (Fsp3) is 0.552. The Morgan fingerprint density at radius 1 is 1.00 bits per heavy atom. The molecular formula is C29H42O7SSi. The van der Waals surface area contributed by atoms with Gasteiger partial charge in [0.25, 0.3) is 0 Å². The van der Waals surface area contributed by atoms with Gasteiger partial charge in [0.1, 0.15) is 6.10 Å². The molecule has 0 radical (unpaired) electrons. The van der Waals surface area contributed by atoms with E-state index in [1.54, 1.807) is 30.3 Å². The third-order valence-electron chi connectivity index (χ3n) is 7.50. The number of methoxy groups -OCH3 is 1. The Morgan fingerprint density at radius 2 is 1.55 bits per heavy atom. The van der Waals surface area contributed by atoms with Crippen molar-refractivity contribution in [1.82, 2.24) is 0 Å². The molecule has 2 aromatic rings. The molecule has 3 rings (SSSR count). The van der Waals surface area contributed by atoms with Gasteiger partial charge in [-0.05, 0) is 56.1 Å². The number of rotatable bonds is 10. The van der Waals surface area contributed by atoms with Gasteiger partial charge in [0, 0.05) is 0 Å². The first-order valence-corrected chi connectivity index (χ1v) is 17.5. The monoisotopic (exact) mass is 562 g/mol. The molecular weight excluding hydrogens is 520 g/mol. The quantitative estimate of drug-likeness (QED) is 0.257. The lowest BCUT2D eigenvalue weighted by Crippen LogP contribution is -2.46. The van der Waals surface area contributed by atoms with Crippen molar-refractivity contribution in [1.29, 1.82) is 0 Å². The number of carbonyl (C=O) groups is 1. The smallest absolute Gasteiger partial charge is 0.306 e. The molecule has 9 heteroatoms. The number of sulfone groups is 1. The van der Waals surface area contributed by atoms with Gasteiger partial charge in [-0.25, -0.2) is 8.42 Å². The minimum absolute atomic E-state index is 0.0462. The first-order valence-electron chi connectivity index (χ1n) is 13.0. The van der Waals surface area contributed by atoms with E-state index >= 15 is 0 Å². The Morgan fingerprint density at radius 3 is 2.08 bits per heavy atom. The summed E-state index contributed by atoms with van der Waals surface area (Å²) in [6.07, 6.45) is -1.97. The predicted octanol–water partition coefficient (Wildman–Crippen LogP) is 6.07. The summed E-state index contributed by atoms with van der Waals surface area (Å²) in [6.45, 7) is 14.5. The van der Waals surface area contributed by atoms with E-state index in [0.717, 1.165) is 5.56 Å². The average Bonchev–Trinajstić information content (AvgIpc) is 3.16. The lowest BCUT2D eigenvalue weighted by Gasteiger charge is -2.41. The summed E-state index contributed by atoms with van der Waals surface area (Å²) in [5.41, 5.74) is 0.934. The number of carbonyl (C=O) groups excluding carboxylic acids is 1. The van der Waals surface area contributed by atoms with Crippen molar-refractivity contribution >= 4 is 24.1 Å². The lowest BCUT2D eigenvalue weighted by molar-refractivity contribution is -0.155. The van der Waals surface area contributed by atoms with E-state index in [0.29, 0.717) is 0 Å². The van der Waals surface area contributed by atoms with Crippen LogP contribution in [0.1, 0.15) is 59.1 Å². The molecule has 1 aliphatic rings. The van der Waals surface area contributed by atoms with E-state index < -0.39 is 53.5 Å². The first kappa shape index (κ1) is 30.5. The van der Waals surface area contributed by atoms with Crippen molar-refractivity contribution in [3.63, 3.8) is 0 Å². The molecule has 1 unspecified atom stereocenters. The van der Waals surface area contributed by atoms with Crippen molar-refractivity contribution in [3.05, 3.63) is 66.2 Å². The minimum Gasteiger partial charge on any atom is -0.469 e. The third kappa shape index (κ3) is 7.12. The third-order valence-corrected chi connectivity index (χ3v) is 14.1. The van der Waals surface area contributed by atoms with Gasteiger partial charge < -0.3 is 18.6 Å². The van der Waals surface area contributed by atoms with Crippen LogP contribution in [0.15, 0.2) is 65.6 Å². The number of benzene rings is 2. The van der Waals surface area contributed by atoms with E-state index in [1.807, 2.05) is 44.2 Å². The second-order valence-electron chi connectivity index (χ2n) is 11.8. The maximum Gasteiger partial charge on any atom is 0.306 e. The second kappa shape index (κ2) is 11.6. The Hall–Kier alpha value is -2.04. The number of hydrogen-bond donors (Lipinski definition) is 0. The van der Waals surface area contributed by atoms with Crippen LogP contribution in [0.2, 0.25) is 18.1 Å². The molecule has 1 aliphatic heterocycles. The van der Waals surface area contributed by atoms with Crippen LogP contribution in [0.5, 0.6) is 0 Å². The fourth-order valence-electron chi connectivity index (χ4n) is 4.41. The average molecular weight is 563 g/mol. The highest BCUT2D eigenvalue weighted by Gasteiger charge is 2.51. The van der Waals surface area contributed by atoms with Gasteiger partial charge in [0.15, 0.2) is 23.9 Å². The molecule has 210 valence electrons. The van der Waals surface area contributed by atoms with Crippen molar-refractivity contribution in [2.45, 2.75) is 99.8 Å². The zero-order valence-corrected chi connectivity index (χ0v) is 25.6. The predicted molar refractivity (Wildman–Crippen MR) is 150 cm³/mol. The molecule has 0 aliphatic carbocycles. The molecule has 0 spiro atoms. The summed E-state index contributed by atoms with van der Waals surface area (Å²) >= 11 is 0. The molecule has 4 atom stereocenters. The topological polar surface area (TPSA) is 88.1 Å². The lowest BCUT2D eigenvalue weighted by atomic mass is 9.97. The fourth-order valence-corrected chi connectivity index (χ4v) is 7.39. The largest absolute Gasteiger partial charge is 0.469 e. The van der Waals surface area contributed by atoms with Gasteiger partial charge in [-0.2, -0.15) is 0 Å². The Balaban J connectivity index is 2.04. The van der Waals surface area contributed by atoms with Crippen molar-refractivity contribution in [2.75, 3.05) is 7.11 Å². The van der Waals surface area contributed by atoms with Crippen LogP contribution in [-0.2, 0) is 33.3 Å². The summed E-state index contributed by atoms with van der Waals surface area (Å²) in [5, 5.41) is -1.12. The number of esters is 1. The van der Waals surface area contributed by atoms with Crippen LogP contribution in [-0.4, -0.2) is 53.1 Å². The summed E-state index contributed by atoms with van der Waals surface area (Å²) in [5.74, 6) is -1.56. The van der Waals surface area contributed by atoms with Gasteiger partial charge in [0.2, 0.25) is 0 Å². The van der Waals surface area contributed by atoms with Crippen LogP contribution in [0.4, 0.5) is 0 Å². The molecule has 1 fully saturated rings. The Labute approximate surface area is 228 Å². The highest BCUT2D eigenvalue weighted by atomic mass is 32.2. The van der Waals surface area contributed by atoms with Crippen molar-refractivity contribution < 1.29 is 31.8 Å². The summed E-state index contributed by atoms with van der Waals surface area (Å²) < 4.78 is 52.0. The first-order chi connectivity index (χ1) is 17.6. The van der Waals surface area contributed by atoms with Crippen LogP contribution < -0.4 is 0 Å². The summed E-state index contributed by atoms with van der Waals surface area (Å²) in [7, 11) is -4.90. The highest BCUT2D eigenvalue weighted by molar-refractivity contribution is 7.92. The Bertz CT molecular complexity index is 1170. The second-order valence-corrected chi connectivity index (χ2v) is 18.8. The molecule has 0 aromatic heterocycles. The van der Waals surface area contributed by atoms with Crippen LogP contribution >= 0.6 is 0 Å². The molecule has 0 amide bonds. The number of hydrogen-bond acceptors (Lipinski definition) is 7. The molecule has 0 N–H and O–H groups in total. The van der Waals surface area contributed by atoms with Gasteiger partial charge in [0.05, 0.1) is 35.9 Å². The molecule has 1 saturated heterocycles. The summed E-state index contributed by atoms with van der Waals surface area (Å²) in [4.78, 5) is 12.5. The zero-order valence-electron chi connectivity index (χ0n) is 23.8. The van der Waals surface area contributed by atoms with Gasteiger partial charge in [-0.3, -0.25) is 4.79 Å². The summed E-state index contributed by atoms with van der Waals surface area (Å²) in [6, 6.07) is 18.0. The standard InChI is InChI=1S/C29H42O7SSi/c1-28(2,3)38(7,8)36-26(21-15-11-9-12-16-21)27-24(34-29(4,5)35-27)19-23(20-25(30)33-6)37(31,32)22-17-13-10-14-18-22/h9-18,23-24,26-27H,19-20H2,1-8H3/t23?,24-,26-,27+/m1/s1. The SMILES string of the molecule is COC(=O)CC(C[C@H]1OC(C)(C)O[C@@H]1[C@H](O[Si](C)(C)C(C)(C)C)c1ccccc1)S(=O)(=O)c1ccccc1.